The van der Waals surface area contributed by atoms with Gasteiger partial charge in [-0.3, -0.25) is 9.59 Å². The van der Waals surface area contributed by atoms with Gasteiger partial charge in [-0.15, -0.1) is 0 Å². The number of nitrogens with one attached hydrogen (secondary N) is 2. The molecule has 0 aliphatic rings. The Morgan fingerprint density at radius 1 is 1.11 bits per heavy atom. The third-order valence-corrected chi connectivity index (χ3v) is 4.40. The van der Waals surface area contributed by atoms with Crippen molar-refractivity contribution in [3.63, 3.8) is 0 Å². The van der Waals surface area contributed by atoms with E-state index in [0.29, 0.717) is 21.6 Å². The lowest BCUT2D eigenvalue weighted by molar-refractivity contribution is -0.122. The fraction of sp³-hybridized carbons (Fsp3) is 0.158. The van der Waals surface area contributed by atoms with E-state index in [1.54, 1.807) is 25.1 Å². The molecular weight excluding hydrogens is 378 g/mol. The molecule has 0 aliphatic heterocycles. The van der Waals surface area contributed by atoms with Crippen molar-refractivity contribution < 1.29 is 22.8 Å². The highest BCUT2D eigenvalue weighted by Crippen LogP contribution is 2.28. The Bertz CT molecular complexity index is 1050. The largest absolute Gasteiger partial charge is 0.451 e. The third kappa shape index (κ3) is 3.64. The topological polar surface area (TPSA) is 71.3 Å². The lowest BCUT2D eigenvalue weighted by atomic mass is 10.0. The van der Waals surface area contributed by atoms with E-state index in [4.69, 9.17) is 16.0 Å². The molecule has 1 unspecified atom stereocenters. The zero-order valence-corrected chi connectivity index (χ0v) is 15.2. The Morgan fingerprint density at radius 3 is 2.52 bits per heavy atom. The van der Waals surface area contributed by atoms with E-state index in [1.807, 2.05) is 0 Å². The quantitative estimate of drug-likeness (QED) is 0.707. The van der Waals surface area contributed by atoms with Crippen LogP contribution in [0.4, 0.5) is 8.78 Å². The molecule has 1 atom stereocenters. The van der Waals surface area contributed by atoms with Gasteiger partial charge in [-0.05, 0) is 42.8 Å². The summed E-state index contributed by atoms with van der Waals surface area (Å²) >= 11 is 5.97. The molecule has 3 aromatic rings. The van der Waals surface area contributed by atoms with Gasteiger partial charge in [0.25, 0.3) is 5.91 Å². The zero-order chi connectivity index (χ0) is 19.7. The van der Waals surface area contributed by atoms with Crippen LogP contribution in [0.1, 0.15) is 27.7 Å². The molecule has 0 fully saturated rings. The van der Waals surface area contributed by atoms with Gasteiger partial charge in [0.2, 0.25) is 5.91 Å². The standard InChI is InChI=1S/C19H15ClF2N2O3/c1-9-12-8-11(20)4-6-15(12)27-17(9)19(26)24-16(18(25)23-2)10-3-5-13(21)14(22)7-10/h3-8,16H,1-2H3,(H,23,25)(H,24,26). The first kappa shape index (κ1) is 18.8. The second-order valence-corrected chi connectivity index (χ2v) is 6.33. The number of fused-ring (bicyclic) bond motifs is 1. The molecule has 0 aliphatic carbocycles. The maximum absolute atomic E-state index is 13.6. The van der Waals surface area contributed by atoms with Gasteiger partial charge < -0.3 is 15.1 Å². The highest BCUT2D eigenvalue weighted by molar-refractivity contribution is 6.31. The summed E-state index contributed by atoms with van der Waals surface area (Å²) in [6.45, 7) is 1.68. The Balaban J connectivity index is 1.96. The Hall–Kier alpha value is -2.93. The van der Waals surface area contributed by atoms with Crippen molar-refractivity contribution in [3.05, 3.63) is 69.9 Å². The minimum atomic E-state index is -1.23. The number of amides is 2. The molecule has 0 spiro atoms. The van der Waals surface area contributed by atoms with Crippen LogP contribution in [0.25, 0.3) is 11.0 Å². The number of furan rings is 1. The van der Waals surface area contributed by atoms with Gasteiger partial charge in [0, 0.05) is 23.0 Å². The van der Waals surface area contributed by atoms with Crippen LogP contribution in [0, 0.1) is 18.6 Å². The maximum Gasteiger partial charge on any atom is 0.288 e. The summed E-state index contributed by atoms with van der Waals surface area (Å²) in [5, 5.41) is 6.03. The summed E-state index contributed by atoms with van der Waals surface area (Å²) in [5.74, 6) is -3.43. The van der Waals surface area contributed by atoms with Crippen LogP contribution >= 0.6 is 11.6 Å². The first-order valence-corrected chi connectivity index (χ1v) is 8.35. The molecule has 2 aromatic carbocycles. The normalized spacial score (nSPS) is 12.0. The molecule has 27 heavy (non-hydrogen) atoms. The van der Waals surface area contributed by atoms with E-state index < -0.39 is 29.5 Å². The lowest BCUT2D eigenvalue weighted by Crippen LogP contribution is -2.39. The summed E-state index contributed by atoms with van der Waals surface area (Å²) in [5.41, 5.74) is 1.11. The molecule has 0 saturated heterocycles. The average Bonchev–Trinajstić information content (AvgIpc) is 2.97. The molecule has 5 nitrogen and oxygen atoms in total. The summed E-state index contributed by atoms with van der Waals surface area (Å²) in [4.78, 5) is 24.9. The fourth-order valence-electron chi connectivity index (χ4n) is 2.74. The molecule has 140 valence electrons. The second-order valence-electron chi connectivity index (χ2n) is 5.89. The van der Waals surface area contributed by atoms with Crippen LogP contribution in [0.15, 0.2) is 40.8 Å². The van der Waals surface area contributed by atoms with Crippen molar-refractivity contribution in [2.45, 2.75) is 13.0 Å². The lowest BCUT2D eigenvalue weighted by Gasteiger charge is -2.17. The predicted octanol–water partition coefficient (Wildman–Crippen LogP) is 3.89. The van der Waals surface area contributed by atoms with E-state index in [0.717, 1.165) is 12.1 Å². The van der Waals surface area contributed by atoms with Crippen molar-refractivity contribution in [2.75, 3.05) is 7.05 Å². The first-order chi connectivity index (χ1) is 12.8. The van der Waals surface area contributed by atoms with E-state index in [-0.39, 0.29) is 11.3 Å². The van der Waals surface area contributed by atoms with Crippen molar-refractivity contribution in [1.29, 1.82) is 0 Å². The summed E-state index contributed by atoms with van der Waals surface area (Å²) in [7, 11) is 1.37. The highest BCUT2D eigenvalue weighted by Gasteiger charge is 2.26. The smallest absolute Gasteiger partial charge is 0.288 e. The molecule has 3 rings (SSSR count). The Labute approximate surface area is 158 Å². The van der Waals surface area contributed by atoms with Gasteiger partial charge in [-0.2, -0.15) is 0 Å². The van der Waals surface area contributed by atoms with Crippen molar-refractivity contribution in [3.8, 4) is 0 Å². The Kier molecular flexibility index (Phi) is 5.14. The van der Waals surface area contributed by atoms with Crippen LogP contribution in [-0.2, 0) is 4.79 Å². The van der Waals surface area contributed by atoms with Crippen molar-refractivity contribution in [2.24, 2.45) is 0 Å². The van der Waals surface area contributed by atoms with E-state index >= 15 is 0 Å². The number of aryl methyl sites for hydroxylation is 1. The molecule has 0 bridgehead atoms. The number of halogens is 3. The van der Waals surface area contributed by atoms with E-state index in [9.17, 15) is 18.4 Å². The highest BCUT2D eigenvalue weighted by atomic mass is 35.5. The molecule has 8 heteroatoms. The van der Waals surface area contributed by atoms with Gasteiger partial charge in [0.15, 0.2) is 17.4 Å². The van der Waals surface area contributed by atoms with Gasteiger partial charge in [0.1, 0.15) is 11.6 Å². The molecule has 1 aromatic heterocycles. The van der Waals surface area contributed by atoms with Gasteiger partial charge in [0.05, 0.1) is 0 Å². The van der Waals surface area contributed by atoms with Gasteiger partial charge in [-0.25, -0.2) is 8.78 Å². The molecule has 0 radical (unpaired) electrons. The number of carbonyl (C=O) groups excluding carboxylic acids is 2. The molecular formula is C19H15ClF2N2O3. The number of rotatable bonds is 4. The monoisotopic (exact) mass is 392 g/mol. The zero-order valence-electron chi connectivity index (χ0n) is 14.4. The number of carbonyl (C=O) groups is 2. The fourth-order valence-corrected chi connectivity index (χ4v) is 2.91. The third-order valence-electron chi connectivity index (χ3n) is 4.17. The number of hydrogen-bond donors (Lipinski definition) is 2. The molecule has 2 N–H and O–H groups in total. The number of benzene rings is 2. The predicted molar refractivity (Wildman–Crippen MR) is 96.6 cm³/mol. The van der Waals surface area contributed by atoms with Crippen LogP contribution < -0.4 is 10.6 Å². The average molecular weight is 393 g/mol. The van der Waals surface area contributed by atoms with Gasteiger partial charge in [-0.1, -0.05) is 17.7 Å². The van der Waals surface area contributed by atoms with Crippen molar-refractivity contribution in [1.82, 2.24) is 10.6 Å². The Morgan fingerprint density at radius 2 is 1.85 bits per heavy atom. The summed E-state index contributed by atoms with van der Waals surface area (Å²) in [6.07, 6.45) is 0. The molecule has 2 amide bonds. The van der Waals surface area contributed by atoms with Crippen molar-refractivity contribution >= 4 is 34.4 Å². The molecule has 1 heterocycles. The minimum Gasteiger partial charge on any atom is -0.451 e. The van der Waals surface area contributed by atoms with Crippen LogP contribution in [0.3, 0.4) is 0 Å². The first-order valence-electron chi connectivity index (χ1n) is 7.98. The second kappa shape index (κ2) is 7.36. The minimum absolute atomic E-state index is 0.00348. The SMILES string of the molecule is CNC(=O)C(NC(=O)c1oc2ccc(Cl)cc2c1C)c1ccc(F)c(F)c1. The summed E-state index contributed by atoms with van der Waals surface area (Å²) < 4.78 is 32.3. The van der Waals surface area contributed by atoms with E-state index in [1.165, 1.54) is 13.1 Å². The number of hydrogen-bond acceptors (Lipinski definition) is 3. The maximum atomic E-state index is 13.6. The van der Waals surface area contributed by atoms with Gasteiger partial charge >= 0.3 is 0 Å². The summed E-state index contributed by atoms with van der Waals surface area (Å²) in [6, 6.07) is 6.67. The van der Waals surface area contributed by atoms with Crippen LogP contribution in [-0.4, -0.2) is 18.9 Å². The van der Waals surface area contributed by atoms with E-state index in [2.05, 4.69) is 10.6 Å². The number of likely N-dealkylation sites (N-methyl/N-ethyl adjacent to an activating group) is 1. The molecule has 0 saturated carbocycles. The van der Waals surface area contributed by atoms with Crippen LogP contribution in [0.2, 0.25) is 5.02 Å². The van der Waals surface area contributed by atoms with Crippen LogP contribution in [0.5, 0.6) is 0 Å².